The van der Waals surface area contributed by atoms with Crippen LogP contribution >= 0.6 is 11.6 Å². The molecule has 3 rings (SSSR count). The number of hydrazone groups is 1. The van der Waals surface area contributed by atoms with Crippen LogP contribution in [0.1, 0.15) is 16.7 Å². The Morgan fingerprint density at radius 2 is 1.81 bits per heavy atom. The predicted octanol–water partition coefficient (Wildman–Crippen LogP) is 3.59. The Bertz CT molecular complexity index is 1060. The number of nitrogens with one attached hydrogen (secondary N) is 2. The molecule has 6 nitrogen and oxygen atoms in total. The minimum atomic E-state index is -0.881. The van der Waals surface area contributed by atoms with E-state index >= 15 is 0 Å². The number of aromatic nitrogens is 1. The van der Waals surface area contributed by atoms with Crippen LogP contribution in [0.25, 0.3) is 10.9 Å². The monoisotopic (exact) mass is 380 g/mol. The Hall–Kier alpha value is -3.25. The molecule has 3 aromatic rings. The van der Waals surface area contributed by atoms with Gasteiger partial charge in [0.25, 0.3) is 0 Å². The lowest BCUT2D eigenvalue weighted by atomic mass is 10.1. The summed E-state index contributed by atoms with van der Waals surface area (Å²) in [4.78, 5) is 28.1. The smallest absolute Gasteiger partial charge is 0.318 e. The topological polar surface area (TPSA) is 83.5 Å². The third-order valence-electron chi connectivity index (χ3n) is 3.81. The van der Waals surface area contributed by atoms with Gasteiger partial charge in [0, 0.05) is 16.6 Å². The second-order valence-corrected chi connectivity index (χ2v) is 6.45. The van der Waals surface area contributed by atoms with Gasteiger partial charge in [-0.3, -0.25) is 9.59 Å². The van der Waals surface area contributed by atoms with E-state index < -0.39 is 11.8 Å². The van der Waals surface area contributed by atoms with Crippen molar-refractivity contribution in [1.82, 2.24) is 10.4 Å². The van der Waals surface area contributed by atoms with E-state index in [2.05, 4.69) is 20.8 Å². The molecule has 0 radical (unpaired) electrons. The Morgan fingerprint density at radius 3 is 2.59 bits per heavy atom. The lowest BCUT2D eigenvalue weighted by molar-refractivity contribution is -0.136. The molecule has 27 heavy (non-hydrogen) atoms. The van der Waals surface area contributed by atoms with E-state index in [0.717, 1.165) is 22.0 Å². The molecule has 0 fully saturated rings. The van der Waals surface area contributed by atoms with Crippen molar-refractivity contribution in [2.45, 2.75) is 13.8 Å². The SMILES string of the molecule is Cc1cccc(NC(=O)C(=O)NN=Cc2cc3ccc(C)cc3nc2Cl)c1. The largest absolute Gasteiger partial charge is 0.329 e. The molecule has 2 aromatic carbocycles. The molecule has 0 saturated carbocycles. The van der Waals surface area contributed by atoms with Crippen LogP contribution in [-0.2, 0) is 9.59 Å². The number of hydrogen-bond acceptors (Lipinski definition) is 4. The molecule has 7 heteroatoms. The highest BCUT2D eigenvalue weighted by Crippen LogP contribution is 2.20. The molecule has 0 aliphatic heterocycles. The van der Waals surface area contributed by atoms with Gasteiger partial charge in [0.2, 0.25) is 0 Å². The molecule has 0 unspecified atom stereocenters. The first kappa shape index (κ1) is 18.5. The van der Waals surface area contributed by atoms with Crippen molar-refractivity contribution in [2.75, 3.05) is 5.32 Å². The zero-order valence-electron chi connectivity index (χ0n) is 14.8. The van der Waals surface area contributed by atoms with E-state index in [1.165, 1.54) is 6.21 Å². The van der Waals surface area contributed by atoms with Crippen LogP contribution in [0.4, 0.5) is 5.69 Å². The van der Waals surface area contributed by atoms with E-state index in [1.807, 2.05) is 44.2 Å². The number of halogens is 1. The van der Waals surface area contributed by atoms with Gasteiger partial charge >= 0.3 is 11.8 Å². The van der Waals surface area contributed by atoms with Gasteiger partial charge < -0.3 is 5.32 Å². The first-order valence-electron chi connectivity index (χ1n) is 8.20. The van der Waals surface area contributed by atoms with Gasteiger partial charge in [-0.15, -0.1) is 0 Å². The van der Waals surface area contributed by atoms with Gasteiger partial charge in [0.05, 0.1) is 11.7 Å². The maximum atomic E-state index is 11.9. The molecule has 1 heterocycles. The fourth-order valence-electron chi connectivity index (χ4n) is 2.48. The number of benzene rings is 2. The summed E-state index contributed by atoms with van der Waals surface area (Å²) >= 11 is 6.16. The lowest BCUT2D eigenvalue weighted by Crippen LogP contribution is -2.32. The molecular formula is C20H17ClN4O2. The van der Waals surface area contributed by atoms with Gasteiger partial charge in [0.1, 0.15) is 5.15 Å². The van der Waals surface area contributed by atoms with Crippen molar-refractivity contribution >= 4 is 46.2 Å². The number of aryl methyl sites for hydroxylation is 2. The average Bonchev–Trinajstić information content (AvgIpc) is 2.62. The molecule has 2 N–H and O–H groups in total. The first-order valence-corrected chi connectivity index (χ1v) is 8.58. The number of amides is 2. The lowest BCUT2D eigenvalue weighted by Gasteiger charge is -2.05. The molecule has 2 amide bonds. The second kappa shape index (κ2) is 7.97. The van der Waals surface area contributed by atoms with Gasteiger partial charge in [-0.05, 0) is 49.2 Å². The van der Waals surface area contributed by atoms with Crippen LogP contribution in [0.2, 0.25) is 5.15 Å². The molecule has 0 spiro atoms. The number of hydrogen-bond donors (Lipinski definition) is 2. The number of carbonyl (C=O) groups is 2. The van der Waals surface area contributed by atoms with Crippen molar-refractivity contribution in [1.29, 1.82) is 0 Å². The molecular weight excluding hydrogens is 364 g/mol. The van der Waals surface area contributed by atoms with Crippen LogP contribution in [-0.4, -0.2) is 23.0 Å². The third kappa shape index (κ3) is 4.68. The molecule has 0 aliphatic carbocycles. The Morgan fingerprint density at radius 1 is 1.04 bits per heavy atom. The number of pyridine rings is 1. The van der Waals surface area contributed by atoms with Gasteiger partial charge in [-0.1, -0.05) is 35.9 Å². The molecule has 136 valence electrons. The Labute approximate surface area is 161 Å². The van der Waals surface area contributed by atoms with Crippen LogP contribution in [0.5, 0.6) is 0 Å². The van der Waals surface area contributed by atoms with Crippen molar-refractivity contribution in [3.63, 3.8) is 0 Å². The van der Waals surface area contributed by atoms with Crippen molar-refractivity contribution in [3.8, 4) is 0 Å². The van der Waals surface area contributed by atoms with Gasteiger partial charge in [-0.2, -0.15) is 5.10 Å². The fraction of sp³-hybridized carbons (Fsp3) is 0.100. The summed E-state index contributed by atoms with van der Waals surface area (Å²) in [7, 11) is 0. The molecule has 0 atom stereocenters. The highest BCUT2D eigenvalue weighted by molar-refractivity contribution is 6.39. The van der Waals surface area contributed by atoms with E-state index in [0.29, 0.717) is 11.3 Å². The third-order valence-corrected chi connectivity index (χ3v) is 4.11. The number of rotatable bonds is 3. The van der Waals surface area contributed by atoms with Crippen LogP contribution in [0.3, 0.4) is 0 Å². The minimum Gasteiger partial charge on any atom is -0.318 e. The van der Waals surface area contributed by atoms with Crippen molar-refractivity contribution < 1.29 is 9.59 Å². The van der Waals surface area contributed by atoms with Crippen molar-refractivity contribution in [3.05, 3.63) is 70.4 Å². The second-order valence-electron chi connectivity index (χ2n) is 6.09. The normalized spacial score (nSPS) is 10.9. The summed E-state index contributed by atoms with van der Waals surface area (Å²) in [5.41, 5.74) is 6.09. The fourth-order valence-corrected chi connectivity index (χ4v) is 2.68. The molecule has 0 aliphatic rings. The summed E-state index contributed by atoms with van der Waals surface area (Å²) < 4.78 is 0. The summed E-state index contributed by atoms with van der Waals surface area (Å²) in [6, 6.07) is 14.8. The summed E-state index contributed by atoms with van der Waals surface area (Å²) in [6.07, 6.45) is 1.35. The average molecular weight is 381 g/mol. The number of nitrogens with zero attached hydrogens (tertiary/aromatic N) is 2. The summed E-state index contributed by atoms with van der Waals surface area (Å²) in [6.45, 7) is 3.87. The summed E-state index contributed by atoms with van der Waals surface area (Å²) in [5.74, 6) is -1.69. The quantitative estimate of drug-likeness (QED) is 0.315. The maximum Gasteiger partial charge on any atom is 0.329 e. The van der Waals surface area contributed by atoms with Crippen LogP contribution < -0.4 is 10.7 Å². The van der Waals surface area contributed by atoms with Crippen molar-refractivity contribution in [2.24, 2.45) is 5.10 Å². The van der Waals surface area contributed by atoms with E-state index in [-0.39, 0.29) is 5.15 Å². The zero-order chi connectivity index (χ0) is 19.4. The first-order chi connectivity index (χ1) is 12.9. The maximum absolute atomic E-state index is 11.9. The standard InChI is InChI=1S/C20H17ClN4O2/c1-12-4-3-5-16(8-12)23-19(26)20(27)25-22-11-15-10-14-7-6-13(2)9-17(14)24-18(15)21/h3-11H,1-2H3,(H,23,26)(H,25,27). The Balaban J connectivity index is 1.66. The van der Waals surface area contributed by atoms with E-state index in [1.54, 1.807) is 18.2 Å². The highest BCUT2D eigenvalue weighted by Gasteiger charge is 2.13. The Kier molecular flexibility index (Phi) is 5.47. The number of carbonyl (C=O) groups excluding carboxylic acids is 2. The number of fused-ring (bicyclic) bond motifs is 1. The minimum absolute atomic E-state index is 0.260. The molecule has 0 bridgehead atoms. The van der Waals surface area contributed by atoms with E-state index in [9.17, 15) is 9.59 Å². The molecule has 1 aromatic heterocycles. The predicted molar refractivity (Wildman–Crippen MR) is 107 cm³/mol. The zero-order valence-corrected chi connectivity index (χ0v) is 15.5. The number of anilines is 1. The van der Waals surface area contributed by atoms with Gasteiger partial charge in [0.15, 0.2) is 0 Å². The van der Waals surface area contributed by atoms with Gasteiger partial charge in [-0.25, -0.2) is 10.4 Å². The summed E-state index contributed by atoms with van der Waals surface area (Å²) in [5, 5.41) is 7.46. The van der Waals surface area contributed by atoms with Crippen LogP contribution in [0, 0.1) is 13.8 Å². The molecule has 0 saturated heterocycles. The highest BCUT2D eigenvalue weighted by atomic mass is 35.5. The van der Waals surface area contributed by atoms with Crippen LogP contribution in [0.15, 0.2) is 53.6 Å². The van der Waals surface area contributed by atoms with E-state index in [4.69, 9.17) is 11.6 Å².